The van der Waals surface area contributed by atoms with Gasteiger partial charge in [-0.15, -0.1) is 0 Å². The zero-order valence-corrected chi connectivity index (χ0v) is 12.4. The van der Waals surface area contributed by atoms with Gasteiger partial charge in [0.2, 0.25) is 0 Å². The van der Waals surface area contributed by atoms with Gasteiger partial charge in [0.1, 0.15) is 11.4 Å². The first-order valence-corrected chi connectivity index (χ1v) is 6.89. The van der Waals surface area contributed by atoms with E-state index < -0.39 is 11.8 Å². The molecule has 0 unspecified atom stereocenters. The normalized spacial score (nSPS) is 10.5. The lowest BCUT2D eigenvalue weighted by atomic mass is 10.1. The van der Waals surface area contributed by atoms with Gasteiger partial charge >= 0.3 is 5.97 Å². The Labute approximate surface area is 127 Å². The highest BCUT2D eigenvalue weighted by atomic mass is 16.5. The molecule has 2 heterocycles. The average Bonchev–Trinajstić information content (AvgIpc) is 2.92. The number of ketones is 1. The second kappa shape index (κ2) is 6.84. The summed E-state index contributed by atoms with van der Waals surface area (Å²) in [6, 6.07) is 3.02. The van der Waals surface area contributed by atoms with E-state index in [4.69, 9.17) is 4.74 Å². The van der Waals surface area contributed by atoms with Crippen molar-refractivity contribution in [1.82, 2.24) is 14.8 Å². The van der Waals surface area contributed by atoms with E-state index in [2.05, 4.69) is 10.1 Å². The van der Waals surface area contributed by atoms with Gasteiger partial charge in [-0.1, -0.05) is 0 Å². The number of Topliss-reactive ketones (excluding diaryl/α,β-unsaturated/α-hetero) is 1. The zero-order valence-electron chi connectivity index (χ0n) is 12.4. The molecule has 22 heavy (non-hydrogen) atoms. The van der Waals surface area contributed by atoms with Crippen molar-refractivity contribution in [2.24, 2.45) is 7.05 Å². The first-order chi connectivity index (χ1) is 10.5. The molecule has 7 nitrogen and oxygen atoms in total. The molecule has 0 saturated heterocycles. The van der Waals surface area contributed by atoms with Crippen LogP contribution in [0.1, 0.15) is 30.3 Å². The van der Waals surface area contributed by atoms with Gasteiger partial charge in [0.15, 0.2) is 5.78 Å². The number of aryl methyl sites for hydroxylation is 1. The van der Waals surface area contributed by atoms with Crippen LogP contribution in [0.15, 0.2) is 24.5 Å². The van der Waals surface area contributed by atoms with Gasteiger partial charge in [-0.3, -0.25) is 14.3 Å². The van der Waals surface area contributed by atoms with Crippen LogP contribution in [0.3, 0.4) is 0 Å². The summed E-state index contributed by atoms with van der Waals surface area (Å²) in [4.78, 5) is 27.6. The highest BCUT2D eigenvalue weighted by Crippen LogP contribution is 2.23. The van der Waals surface area contributed by atoms with Gasteiger partial charge in [0.05, 0.1) is 24.9 Å². The lowest BCUT2D eigenvalue weighted by Gasteiger charge is -2.05. The quantitative estimate of drug-likeness (QED) is 0.645. The van der Waals surface area contributed by atoms with Crippen molar-refractivity contribution in [2.75, 3.05) is 6.61 Å². The Hall–Kier alpha value is -2.70. The maximum atomic E-state index is 12.1. The Kier molecular flexibility index (Phi) is 4.88. The molecule has 0 amide bonds. The molecule has 2 aromatic heterocycles. The highest BCUT2D eigenvalue weighted by Gasteiger charge is 2.17. The lowest BCUT2D eigenvalue weighted by Crippen LogP contribution is -2.09. The number of aromatic hydroxyl groups is 1. The van der Waals surface area contributed by atoms with Gasteiger partial charge < -0.3 is 9.84 Å². The van der Waals surface area contributed by atoms with Crippen molar-refractivity contribution in [3.63, 3.8) is 0 Å². The molecule has 0 aliphatic rings. The molecule has 0 aliphatic heterocycles. The summed E-state index contributed by atoms with van der Waals surface area (Å²) in [5.74, 6) is -1.06. The predicted molar refractivity (Wildman–Crippen MR) is 78.3 cm³/mol. The molecule has 2 aromatic rings. The Morgan fingerprint density at radius 1 is 1.32 bits per heavy atom. The third-order valence-corrected chi connectivity index (χ3v) is 3.00. The molecule has 0 aromatic carbocycles. The third-order valence-electron chi connectivity index (χ3n) is 3.00. The molecule has 116 valence electrons. The fourth-order valence-electron chi connectivity index (χ4n) is 1.94. The number of carbonyl (C=O) groups excluding carboxylic acids is 2. The van der Waals surface area contributed by atoms with Gasteiger partial charge in [0.25, 0.3) is 0 Å². The Morgan fingerprint density at radius 2 is 2.09 bits per heavy atom. The number of carbonyl (C=O) groups is 2. The standard InChI is InChI=1S/C15H17N3O4/c1-3-22-14(21)7-6-13(20)15-12(19)5-4-11(17-15)10-8-16-18(2)9-10/h4-5,8-9,19H,3,6-7H2,1-2H3. The molecule has 1 N–H and O–H groups in total. The van der Waals surface area contributed by atoms with E-state index in [0.29, 0.717) is 5.69 Å². The number of aromatic nitrogens is 3. The van der Waals surface area contributed by atoms with Crippen molar-refractivity contribution < 1.29 is 19.4 Å². The third kappa shape index (κ3) is 3.69. The average molecular weight is 303 g/mol. The number of esters is 1. The van der Waals surface area contributed by atoms with Crippen molar-refractivity contribution in [3.05, 3.63) is 30.2 Å². The van der Waals surface area contributed by atoms with E-state index in [9.17, 15) is 14.7 Å². The highest BCUT2D eigenvalue weighted by molar-refractivity contribution is 5.98. The smallest absolute Gasteiger partial charge is 0.306 e. The van der Waals surface area contributed by atoms with E-state index in [1.165, 1.54) is 6.07 Å². The van der Waals surface area contributed by atoms with Crippen LogP contribution in [0.2, 0.25) is 0 Å². The summed E-state index contributed by atoms with van der Waals surface area (Å²) < 4.78 is 6.39. The maximum Gasteiger partial charge on any atom is 0.306 e. The van der Waals surface area contributed by atoms with Crippen molar-refractivity contribution >= 4 is 11.8 Å². The molecule has 0 radical (unpaired) electrons. The molecule has 0 aliphatic carbocycles. The second-order valence-electron chi connectivity index (χ2n) is 4.70. The Bertz CT molecular complexity index is 694. The molecule has 7 heteroatoms. The van der Waals surface area contributed by atoms with Crippen LogP contribution in [-0.2, 0) is 16.6 Å². The largest absolute Gasteiger partial charge is 0.506 e. The topological polar surface area (TPSA) is 94.3 Å². The van der Waals surface area contributed by atoms with Gasteiger partial charge in [-0.05, 0) is 19.1 Å². The van der Waals surface area contributed by atoms with Crippen molar-refractivity contribution in [3.8, 4) is 17.0 Å². The number of pyridine rings is 1. The molecule has 0 spiro atoms. The Balaban J connectivity index is 2.16. The summed E-state index contributed by atoms with van der Waals surface area (Å²) in [6.07, 6.45) is 3.28. The van der Waals surface area contributed by atoms with Crippen LogP contribution in [0.25, 0.3) is 11.3 Å². The van der Waals surface area contributed by atoms with Crippen LogP contribution >= 0.6 is 0 Å². The molecule has 2 rings (SSSR count). The second-order valence-corrected chi connectivity index (χ2v) is 4.70. The summed E-state index contributed by atoms with van der Waals surface area (Å²) >= 11 is 0. The minimum Gasteiger partial charge on any atom is -0.506 e. The summed E-state index contributed by atoms with van der Waals surface area (Å²) in [7, 11) is 1.77. The van der Waals surface area contributed by atoms with Gasteiger partial charge in [-0.2, -0.15) is 5.10 Å². The molecular weight excluding hydrogens is 286 g/mol. The van der Waals surface area contributed by atoms with Crippen LogP contribution < -0.4 is 0 Å². The van der Waals surface area contributed by atoms with Gasteiger partial charge in [-0.25, -0.2) is 4.98 Å². The maximum absolute atomic E-state index is 12.1. The minimum absolute atomic E-state index is 0.0368. The monoisotopic (exact) mass is 303 g/mol. The summed E-state index contributed by atoms with van der Waals surface area (Å²) in [5.41, 5.74) is 1.22. The van der Waals surface area contributed by atoms with Crippen LogP contribution in [0.5, 0.6) is 5.75 Å². The first-order valence-electron chi connectivity index (χ1n) is 6.89. The van der Waals surface area contributed by atoms with Crippen molar-refractivity contribution in [2.45, 2.75) is 19.8 Å². The van der Waals surface area contributed by atoms with Crippen LogP contribution in [0.4, 0.5) is 0 Å². The SMILES string of the molecule is CCOC(=O)CCC(=O)c1nc(-c2cnn(C)c2)ccc1O. The fraction of sp³-hybridized carbons (Fsp3) is 0.333. The number of hydrogen-bond donors (Lipinski definition) is 1. The zero-order chi connectivity index (χ0) is 16.1. The molecule has 0 bridgehead atoms. The van der Waals surface area contributed by atoms with E-state index in [1.54, 1.807) is 37.1 Å². The van der Waals surface area contributed by atoms with Crippen molar-refractivity contribution in [1.29, 1.82) is 0 Å². The van der Waals surface area contributed by atoms with Crippen LogP contribution in [-0.4, -0.2) is 38.2 Å². The van der Waals surface area contributed by atoms with E-state index in [0.717, 1.165) is 5.56 Å². The number of ether oxygens (including phenoxy) is 1. The molecule has 0 saturated carbocycles. The van der Waals surface area contributed by atoms with E-state index in [1.807, 2.05) is 0 Å². The summed E-state index contributed by atoms with van der Waals surface area (Å²) in [6.45, 7) is 1.97. The Morgan fingerprint density at radius 3 is 2.73 bits per heavy atom. The molecular formula is C15H17N3O4. The minimum atomic E-state index is -0.446. The molecule has 0 fully saturated rings. The molecule has 0 atom stereocenters. The van der Waals surface area contributed by atoms with E-state index in [-0.39, 0.29) is 30.9 Å². The summed E-state index contributed by atoms with van der Waals surface area (Å²) in [5, 5.41) is 13.8. The predicted octanol–water partition coefficient (Wildman–Crippen LogP) is 1.71. The first kappa shape index (κ1) is 15.7. The van der Waals surface area contributed by atoms with E-state index >= 15 is 0 Å². The van der Waals surface area contributed by atoms with Gasteiger partial charge in [0, 0.05) is 25.2 Å². The number of hydrogen-bond acceptors (Lipinski definition) is 6. The fourth-order valence-corrected chi connectivity index (χ4v) is 1.94. The number of nitrogens with zero attached hydrogens (tertiary/aromatic N) is 3. The number of rotatable bonds is 6. The lowest BCUT2D eigenvalue weighted by molar-refractivity contribution is -0.143. The van der Waals surface area contributed by atoms with Crippen LogP contribution in [0, 0.1) is 0 Å².